The lowest BCUT2D eigenvalue weighted by molar-refractivity contribution is 0.102. The summed E-state index contributed by atoms with van der Waals surface area (Å²) >= 11 is 0. The fraction of sp³-hybridized carbons (Fsp3) is 0.167. The van der Waals surface area contributed by atoms with Crippen LogP contribution in [0.25, 0.3) is 17.2 Å². The van der Waals surface area contributed by atoms with Crippen LogP contribution in [0.5, 0.6) is 5.75 Å². The maximum absolute atomic E-state index is 12.8. The van der Waals surface area contributed by atoms with Crippen molar-refractivity contribution in [3.63, 3.8) is 0 Å². The normalized spacial score (nSPS) is 10.3. The molecule has 0 fully saturated rings. The second-order valence-corrected chi connectivity index (χ2v) is 6.68. The molecule has 1 heterocycles. The Morgan fingerprint density at radius 3 is 2.28 bits per heavy atom. The van der Waals surface area contributed by atoms with Gasteiger partial charge in [-0.05, 0) is 48.2 Å². The zero-order valence-electron chi connectivity index (χ0n) is 17.2. The van der Waals surface area contributed by atoms with Crippen molar-refractivity contribution in [1.82, 2.24) is 4.98 Å². The van der Waals surface area contributed by atoms with Crippen molar-refractivity contribution < 1.29 is 9.53 Å². The lowest BCUT2D eigenvalue weighted by Crippen LogP contribution is -2.15. The molecule has 1 amide bonds. The molecule has 3 rings (SSSR count). The van der Waals surface area contributed by atoms with E-state index in [0.29, 0.717) is 5.75 Å². The second kappa shape index (κ2) is 8.61. The summed E-state index contributed by atoms with van der Waals surface area (Å²) in [6, 6.07) is 13.7. The number of pyridine rings is 1. The molecule has 5 nitrogen and oxygen atoms in total. The predicted octanol–water partition coefficient (Wildman–Crippen LogP) is 5.31. The number of methoxy groups -OCH3 is 1. The van der Waals surface area contributed by atoms with Gasteiger partial charge in [-0.3, -0.25) is 9.78 Å². The highest BCUT2D eigenvalue weighted by atomic mass is 16.5. The third kappa shape index (κ3) is 3.99. The van der Waals surface area contributed by atoms with Crippen LogP contribution < -0.4 is 15.4 Å². The first-order valence-electron chi connectivity index (χ1n) is 9.35. The topological polar surface area (TPSA) is 63.2 Å². The Balaban J connectivity index is 1.95. The minimum absolute atomic E-state index is 0.283. The summed E-state index contributed by atoms with van der Waals surface area (Å²) in [5, 5.41) is 6.19. The van der Waals surface area contributed by atoms with Crippen molar-refractivity contribution in [2.24, 2.45) is 0 Å². The van der Waals surface area contributed by atoms with E-state index in [-0.39, 0.29) is 11.6 Å². The monoisotopic (exact) mass is 387 g/mol. The highest BCUT2D eigenvalue weighted by Gasteiger charge is 2.15. The van der Waals surface area contributed by atoms with Crippen molar-refractivity contribution in [3.8, 4) is 16.9 Å². The lowest BCUT2D eigenvalue weighted by atomic mass is 9.94. The van der Waals surface area contributed by atoms with Gasteiger partial charge in [-0.2, -0.15) is 0 Å². The highest BCUT2D eigenvalue weighted by Crippen LogP contribution is 2.33. The van der Waals surface area contributed by atoms with Crippen LogP contribution in [-0.2, 0) is 0 Å². The molecule has 0 atom stereocenters. The van der Waals surface area contributed by atoms with Crippen LogP contribution in [0.2, 0.25) is 0 Å². The van der Waals surface area contributed by atoms with Crippen LogP contribution in [0.3, 0.4) is 0 Å². The second-order valence-electron chi connectivity index (χ2n) is 6.68. The van der Waals surface area contributed by atoms with Gasteiger partial charge in [0.2, 0.25) is 0 Å². The first-order chi connectivity index (χ1) is 14.0. The van der Waals surface area contributed by atoms with Gasteiger partial charge in [0.15, 0.2) is 0 Å². The predicted molar refractivity (Wildman–Crippen MR) is 120 cm³/mol. The molecular weight excluding hydrogens is 362 g/mol. The van der Waals surface area contributed by atoms with Crippen molar-refractivity contribution in [3.05, 3.63) is 77.6 Å². The van der Waals surface area contributed by atoms with Crippen LogP contribution in [0.4, 0.5) is 11.4 Å². The summed E-state index contributed by atoms with van der Waals surface area (Å²) in [4.78, 5) is 17.0. The van der Waals surface area contributed by atoms with Crippen molar-refractivity contribution in [1.29, 1.82) is 0 Å². The number of ether oxygens (including phenoxy) is 1. The molecule has 0 saturated heterocycles. The molecule has 29 heavy (non-hydrogen) atoms. The smallest absolute Gasteiger partial charge is 0.274 e. The molecule has 0 radical (unpaired) electrons. The number of aromatic nitrogens is 1. The molecule has 0 spiro atoms. The van der Waals surface area contributed by atoms with E-state index in [0.717, 1.165) is 39.2 Å². The number of carbonyl (C=O) groups is 1. The van der Waals surface area contributed by atoms with Gasteiger partial charge < -0.3 is 15.4 Å². The van der Waals surface area contributed by atoms with E-state index in [4.69, 9.17) is 4.74 Å². The molecule has 1 aromatic heterocycles. The summed E-state index contributed by atoms with van der Waals surface area (Å²) in [5.74, 6) is 0.269. The number of hydrogen-bond acceptors (Lipinski definition) is 4. The quantitative estimate of drug-likeness (QED) is 0.602. The number of benzene rings is 2. The molecule has 0 saturated carbocycles. The molecule has 0 aliphatic carbocycles. The number of nitrogens with one attached hydrogen (secondary N) is 2. The largest absolute Gasteiger partial charge is 0.496 e. The average Bonchev–Trinajstić information content (AvgIpc) is 2.75. The Hall–Kier alpha value is -3.60. The number of amides is 1. The van der Waals surface area contributed by atoms with Crippen LogP contribution in [0.15, 0.2) is 55.2 Å². The van der Waals surface area contributed by atoms with E-state index in [1.54, 1.807) is 25.4 Å². The number of carbonyl (C=O) groups excluding carboxylic acids is 1. The van der Waals surface area contributed by atoms with E-state index < -0.39 is 0 Å². The van der Waals surface area contributed by atoms with Gasteiger partial charge in [0, 0.05) is 36.2 Å². The molecule has 5 heteroatoms. The SMILES string of the molecule is C=Cc1cnc(C(=O)Nc2cccc(-c3cccc(NC)c3C)c2C)cc1OC. The zero-order chi connectivity index (χ0) is 21.0. The fourth-order valence-corrected chi connectivity index (χ4v) is 3.35. The first-order valence-corrected chi connectivity index (χ1v) is 9.35. The van der Waals surface area contributed by atoms with E-state index in [1.165, 1.54) is 0 Å². The average molecular weight is 387 g/mol. The van der Waals surface area contributed by atoms with Crippen molar-refractivity contribution in [2.45, 2.75) is 13.8 Å². The number of anilines is 2. The molecule has 2 aromatic carbocycles. The number of nitrogens with zero attached hydrogens (tertiary/aromatic N) is 1. The van der Waals surface area contributed by atoms with Gasteiger partial charge in [-0.1, -0.05) is 36.9 Å². The van der Waals surface area contributed by atoms with Gasteiger partial charge in [0.1, 0.15) is 11.4 Å². The Morgan fingerprint density at radius 2 is 1.69 bits per heavy atom. The first kappa shape index (κ1) is 20.1. The summed E-state index contributed by atoms with van der Waals surface area (Å²) < 4.78 is 5.32. The van der Waals surface area contributed by atoms with Crippen LogP contribution in [0.1, 0.15) is 27.2 Å². The Labute approximate surface area is 171 Å². The minimum Gasteiger partial charge on any atom is -0.496 e. The molecule has 0 bridgehead atoms. The van der Waals surface area contributed by atoms with Crippen LogP contribution in [0, 0.1) is 13.8 Å². The molecule has 0 aliphatic heterocycles. The molecular formula is C24H25N3O2. The van der Waals surface area contributed by atoms with Crippen LogP contribution >= 0.6 is 0 Å². The van der Waals surface area contributed by atoms with Gasteiger partial charge in [-0.25, -0.2) is 0 Å². The van der Waals surface area contributed by atoms with E-state index >= 15 is 0 Å². The molecule has 2 N–H and O–H groups in total. The Kier molecular flexibility index (Phi) is 5.98. The third-order valence-corrected chi connectivity index (χ3v) is 5.04. The van der Waals surface area contributed by atoms with Crippen molar-refractivity contribution in [2.75, 3.05) is 24.8 Å². The van der Waals surface area contributed by atoms with Gasteiger partial charge in [0.25, 0.3) is 5.91 Å². The lowest BCUT2D eigenvalue weighted by Gasteiger charge is -2.16. The number of rotatable bonds is 6. The summed E-state index contributed by atoms with van der Waals surface area (Å²) in [6.07, 6.45) is 3.22. The zero-order valence-corrected chi connectivity index (χ0v) is 17.2. The Morgan fingerprint density at radius 1 is 1.07 bits per heavy atom. The van der Waals surface area contributed by atoms with Gasteiger partial charge in [-0.15, -0.1) is 0 Å². The maximum atomic E-state index is 12.8. The van der Waals surface area contributed by atoms with Gasteiger partial charge in [0.05, 0.1) is 7.11 Å². The molecule has 0 unspecified atom stereocenters. The summed E-state index contributed by atoms with van der Waals surface area (Å²) in [7, 11) is 3.47. The minimum atomic E-state index is -0.292. The molecule has 148 valence electrons. The van der Waals surface area contributed by atoms with Crippen LogP contribution in [-0.4, -0.2) is 25.0 Å². The van der Waals surface area contributed by atoms with E-state index in [9.17, 15) is 4.79 Å². The van der Waals surface area contributed by atoms with E-state index in [2.05, 4.69) is 41.3 Å². The maximum Gasteiger partial charge on any atom is 0.274 e. The standard InChI is InChI=1S/C24H25N3O2/c1-6-17-14-26-22(13-23(17)29-5)24(28)27-21-12-8-10-19(16(21)3)18-9-7-11-20(25-4)15(18)2/h6-14,25H,1H2,2-5H3,(H,27,28). The Bertz CT molecular complexity index is 1070. The fourth-order valence-electron chi connectivity index (χ4n) is 3.35. The molecule has 3 aromatic rings. The third-order valence-electron chi connectivity index (χ3n) is 5.04. The number of hydrogen-bond donors (Lipinski definition) is 2. The van der Waals surface area contributed by atoms with Crippen molar-refractivity contribution >= 4 is 23.4 Å². The summed E-state index contributed by atoms with van der Waals surface area (Å²) in [6.45, 7) is 7.82. The van der Waals surface area contributed by atoms with E-state index in [1.807, 2.05) is 38.2 Å². The van der Waals surface area contributed by atoms with Gasteiger partial charge >= 0.3 is 0 Å². The molecule has 0 aliphatic rings. The highest BCUT2D eigenvalue weighted by molar-refractivity contribution is 6.04. The summed E-state index contributed by atoms with van der Waals surface area (Å²) in [5.41, 5.74) is 7.20.